The summed E-state index contributed by atoms with van der Waals surface area (Å²) in [6.07, 6.45) is 2.13. The van der Waals surface area contributed by atoms with Crippen LogP contribution in [0.5, 0.6) is 0 Å². The van der Waals surface area contributed by atoms with Gasteiger partial charge in [-0.05, 0) is 81.2 Å². The van der Waals surface area contributed by atoms with Crippen molar-refractivity contribution < 1.29 is 18.3 Å². The molecule has 3 aliphatic rings. The number of benzene rings is 1. The molecule has 1 aromatic heterocycles. The quantitative estimate of drug-likeness (QED) is 0.397. The van der Waals surface area contributed by atoms with Crippen molar-refractivity contribution in [1.82, 2.24) is 19.7 Å². The van der Waals surface area contributed by atoms with Gasteiger partial charge in [-0.2, -0.15) is 13.2 Å². The Hall–Kier alpha value is -1.78. The maximum Gasteiger partial charge on any atom is 0.416 e. The molecule has 198 valence electrons. The lowest BCUT2D eigenvalue weighted by molar-refractivity contribution is -0.137. The van der Waals surface area contributed by atoms with Crippen LogP contribution in [0, 0.1) is 11.8 Å². The summed E-state index contributed by atoms with van der Waals surface area (Å²) in [6.45, 7) is 4.27. The molecule has 10 heteroatoms. The average molecular weight is 524 g/mol. The maximum absolute atomic E-state index is 12.9. The summed E-state index contributed by atoms with van der Waals surface area (Å²) in [7, 11) is 2.06. The number of nitrogens with zero attached hydrogens (tertiary/aromatic N) is 5. The van der Waals surface area contributed by atoms with Gasteiger partial charge in [0.2, 0.25) is 0 Å². The Morgan fingerprint density at radius 3 is 2.47 bits per heavy atom. The van der Waals surface area contributed by atoms with E-state index in [0.29, 0.717) is 23.8 Å². The van der Waals surface area contributed by atoms with Crippen molar-refractivity contribution in [2.75, 3.05) is 43.4 Å². The molecule has 0 amide bonds. The number of hydrogen-bond acceptors (Lipinski definition) is 6. The Morgan fingerprint density at radius 2 is 1.78 bits per heavy atom. The van der Waals surface area contributed by atoms with Gasteiger partial charge >= 0.3 is 6.18 Å². The van der Waals surface area contributed by atoms with Gasteiger partial charge in [-0.1, -0.05) is 11.8 Å². The van der Waals surface area contributed by atoms with Crippen LogP contribution < -0.4 is 4.90 Å². The van der Waals surface area contributed by atoms with Crippen molar-refractivity contribution in [3.05, 3.63) is 35.7 Å². The van der Waals surface area contributed by atoms with E-state index in [4.69, 9.17) is 0 Å². The van der Waals surface area contributed by atoms with Crippen LogP contribution in [-0.2, 0) is 13.2 Å². The van der Waals surface area contributed by atoms with E-state index in [1.807, 2.05) is 0 Å². The molecule has 36 heavy (non-hydrogen) atoms. The van der Waals surface area contributed by atoms with Gasteiger partial charge in [-0.25, -0.2) is 0 Å². The van der Waals surface area contributed by atoms with Crippen LogP contribution >= 0.6 is 11.8 Å². The zero-order valence-corrected chi connectivity index (χ0v) is 21.6. The van der Waals surface area contributed by atoms with Crippen molar-refractivity contribution in [3.8, 4) is 0 Å². The molecule has 1 aromatic carbocycles. The molecule has 2 aliphatic heterocycles. The fourth-order valence-electron chi connectivity index (χ4n) is 6.26. The second-order valence-electron chi connectivity index (χ2n) is 10.6. The molecule has 1 saturated carbocycles. The summed E-state index contributed by atoms with van der Waals surface area (Å²) in [5.74, 6) is 3.52. The average Bonchev–Trinajstić information content (AvgIpc) is 3.56. The van der Waals surface area contributed by atoms with Crippen molar-refractivity contribution in [2.45, 2.75) is 61.8 Å². The lowest BCUT2D eigenvalue weighted by Crippen LogP contribution is -2.35. The molecule has 2 saturated heterocycles. The van der Waals surface area contributed by atoms with Crippen LogP contribution in [0.25, 0.3) is 0 Å². The Labute approximate surface area is 215 Å². The summed E-state index contributed by atoms with van der Waals surface area (Å²) in [5, 5.41) is 19.3. The summed E-state index contributed by atoms with van der Waals surface area (Å²) >= 11 is 1.76. The van der Waals surface area contributed by atoms with Crippen LogP contribution in [0.4, 0.5) is 18.9 Å². The third-order valence-corrected chi connectivity index (χ3v) is 9.44. The van der Waals surface area contributed by atoms with Crippen LogP contribution in [0.2, 0.25) is 0 Å². The molecule has 1 aliphatic carbocycles. The summed E-state index contributed by atoms with van der Waals surface area (Å²) in [4.78, 5) is 4.81. The first-order valence-electron chi connectivity index (χ1n) is 13.1. The zero-order valence-electron chi connectivity index (χ0n) is 20.8. The fourth-order valence-corrected chi connectivity index (χ4v) is 7.10. The van der Waals surface area contributed by atoms with Gasteiger partial charge in [0.25, 0.3) is 0 Å². The van der Waals surface area contributed by atoms with Gasteiger partial charge in [-0.15, -0.1) is 10.2 Å². The molecule has 5 rings (SSSR count). The molecule has 3 fully saturated rings. The van der Waals surface area contributed by atoms with E-state index in [1.54, 1.807) is 23.9 Å². The van der Waals surface area contributed by atoms with E-state index < -0.39 is 11.7 Å². The molecule has 0 unspecified atom stereocenters. The largest absolute Gasteiger partial charge is 0.416 e. The van der Waals surface area contributed by atoms with Gasteiger partial charge in [0, 0.05) is 56.7 Å². The predicted molar refractivity (Wildman–Crippen MR) is 135 cm³/mol. The van der Waals surface area contributed by atoms with Gasteiger partial charge in [0.05, 0.1) is 5.56 Å². The minimum atomic E-state index is -4.29. The number of thioether (sulfide) groups is 1. The van der Waals surface area contributed by atoms with E-state index in [0.717, 1.165) is 87.1 Å². The summed E-state index contributed by atoms with van der Waals surface area (Å²) in [5.41, 5.74) is 0.312. The van der Waals surface area contributed by atoms with Crippen molar-refractivity contribution in [3.63, 3.8) is 0 Å². The van der Waals surface area contributed by atoms with Gasteiger partial charge < -0.3 is 19.5 Å². The minimum Gasteiger partial charge on any atom is -0.396 e. The van der Waals surface area contributed by atoms with Crippen LogP contribution in [0.3, 0.4) is 0 Å². The number of aliphatic hydroxyl groups is 1. The SMILES string of the molecule is Cn1c(SCCCN2C[C@H]3CCN(c4ccc(C(F)(F)F)cc4)[C@H]3C2)nnc1C1CCC(CO)CC1. The van der Waals surface area contributed by atoms with E-state index in [2.05, 4.69) is 31.6 Å². The number of aliphatic hydroxyl groups excluding tert-OH is 1. The minimum absolute atomic E-state index is 0.290. The lowest BCUT2D eigenvalue weighted by Gasteiger charge is -2.27. The van der Waals surface area contributed by atoms with Crippen molar-refractivity contribution >= 4 is 17.4 Å². The van der Waals surface area contributed by atoms with Crippen LogP contribution in [0.15, 0.2) is 29.4 Å². The number of aromatic nitrogens is 3. The highest BCUT2D eigenvalue weighted by atomic mass is 32.2. The highest BCUT2D eigenvalue weighted by Crippen LogP contribution is 2.38. The summed E-state index contributed by atoms with van der Waals surface area (Å²) < 4.78 is 40.9. The zero-order chi connectivity index (χ0) is 25.3. The van der Waals surface area contributed by atoms with E-state index in [1.165, 1.54) is 12.1 Å². The Morgan fingerprint density at radius 1 is 1.03 bits per heavy atom. The van der Waals surface area contributed by atoms with Gasteiger partial charge in [-0.3, -0.25) is 0 Å². The normalized spacial score (nSPS) is 27.1. The number of hydrogen-bond donors (Lipinski definition) is 1. The molecule has 2 aromatic rings. The molecule has 3 heterocycles. The standard InChI is InChI=1S/C26H36F3N5OS/c1-32-24(19-5-3-18(17-35)4-6-19)30-31-25(32)36-14-2-12-33-15-20-11-13-34(23(20)16-33)22-9-7-21(8-10-22)26(27,28)29/h7-10,18-20,23,35H,2-6,11-17H2,1H3/t18?,19?,20-,23+/m1/s1. The van der Waals surface area contributed by atoms with Gasteiger partial charge in [0.15, 0.2) is 5.16 Å². The number of alkyl halides is 3. The third kappa shape index (κ3) is 5.55. The second-order valence-corrected chi connectivity index (χ2v) is 11.7. The predicted octanol–water partition coefficient (Wildman–Crippen LogP) is 4.79. The maximum atomic E-state index is 12.9. The highest BCUT2D eigenvalue weighted by Gasteiger charge is 2.41. The first-order chi connectivity index (χ1) is 17.3. The monoisotopic (exact) mass is 523 g/mol. The molecule has 1 N–H and O–H groups in total. The Kier molecular flexibility index (Phi) is 7.84. The molecule has 0 radical (unpaired) electrons. The van der Waals surface area contributed by atoms with Crippen molar-refractivity contribution in [1.29, 1.82) is 0 Å². The molecule has 2 atom stereocenters. The highest BCUT2D eigenvalue weighted by molar-refractivity contribution is 7.99. The Balaban J connectivity index is 1.07. The number of likely N-dealkylation sites (tertiary alicyclic amines) is 1. The third-order valence-electron chi connectivity index (χ3n) is 8.34. The molecular formula is C26H36F3N5OS. The van der Waals surface area contributed by atoms with Gasteiger partial charge in [0.1, 0.15) is 5.82 Å². The molecule has 6 nitrogen and oxygen atoms in total. The number of fused-ring (bicyclic) bond motifs is 1. The van der Waals surface area contributed by atoms with E-state index in [9.17, 15) is 18.3 Å². The first-order valence-corrected chi connectivity index (χ1v) is 14.1. The smallest absolute Gasteiger partial charge is 0.396 e. The van der Waals surface area contributed by atoms with Crippen LogP contribution in [-0.4, -0.2) is 69.4 Å². The topological polar surface area (TPSA) is 57.4 Å². The second kappa shape index (κ2) is 10.9. The Bertz CT molecular complexity index is 1010. The van der Waals surface area contributed by atoms with Crippen molar-refractivity contribution in [2.24, 2.45) is 18.9 Å². The molecule has 0 bridgehead atoms. The number of rotatable bonds is 8. The van der Waals surface area contributed by atoms with E-state index in [-0.39, 0.29) is 6.61 Å². The number of anilines is 1. The number of halogens is 3. The molecular weight excluding hydrogens is 487 g/mol. The van der Waals surface area contributed by atoms with E-state index >= 15 is 0 Å². The fraction of sp³-hybridized carbons (Fsp3) is 0.692. The first kappa shape index (κ1) is 25.9. The summed E-state index contributed by atoms with van der Waals surface area (Å²) in [6, 6.07) is 6.03. The van der Waals surface area contributed by atoms with Crippen LogP contribution in [0.1, 0.15) is 55.8 Å². The molecule has 0 spiro atoms. The lowest BCUT2D eigenvalue weighted by atomic mass is 9.82.